The monoisotopic (exact) mass is 645 g/mol. The second-order valence-electron chi connectivity index (χ2n) is 12.5. The van der Waals surface area contributed by atoms with Crippen LogP contribution in [0.3, 0.4) is 0 Å². The maximum absolute atomic E-state index is 5.22. The molecule has 1 atom stereocenters. The summed E-state index contributed by atoms with van der Waals surface area (Å²) in [5, 5.41) is 0. The van der Waals surface area contributed by atoms with Gasteiger partial charge < -0.3 is 0 Å². The number of rotatable bonds is 6. The lowest BCUT2D eigenvalue weighted by atomic mass is 9.73. The van der Waals surface area contributed by atoms with Gasteiger partial charge in [-0.05, 0) is 40.3 Å². The first-order chi connectivity index (χ1) is 24.2. The molecule has 232 valence electrons. The van der Waals surface area contributed by atoms with Crippen LogP contribution in [0.25, 0.3) is 66.2 Å². The summed E-state index contributed by atoms with van der Waals surface area (Å²) in [4.78, 5) is 18.0. The third-order valence-corrected chi connectivity index (χ3v) is 10.9. The fourth-order valence-electron chi connectivity index (χ4n) is 7.29. The van der Waals surface area contributed by atoms with Crippen molar-refractivity contribution in [3.63, 3.8) is 0 Å². The normalized spacial score (nSPS) is 14.7. The van der Waals surface area contributed by atoms with E-state index in [4.69, 9.17) is 15.0 Å². The van der Waals surface area contributed by atoms with Gasteiger partial charge in [-0.25, -0.2) is 15.0 Å². The maximum Gasteiger partial charge on any atom is 0.164 e. The predicted molar refractivity (Wildman–Crippen MR) is 202 cm³/mol. The Balaban J connectivity index is 1.39. The minimum absolute atomic E-state index is 0.422. The summed E-state index contributed by atoms with van der Waals surface area (Å²) in [6.45, 7) is 2.39. The summed E-state index contributed by atoms with van der Waals surface area (Å²) >= 11 is 1.88. The van der Waals surface area contributed by atoms with E-state index in [9.17, 15) is 0 Å². The van der Waals surface area contributed by atoms with E-state index in [1.54, 1.807) is 0 Å². The Morgan fingerprint density at radius 2 is 0.857 bits per heavy atom. The topological polar surface area (TPSA) is 38.7 Å². The van der Waals surface area contributed by atoms with E-state index in [0.717, 1.165) is 16.7 Å². The van der Waals surface area contributed by atoms with Gasteiger partial charge in [0.1, 0.15) is 0 Å². The lowest BCUT2D eigenvalue weighted by Gasteiger charge is -2.29. The quantitative estimate of drug-likeness (QED) is 0.181. The number of benzene rings is 6. The summed E-state index contributed by atoms with van der Waals surface area (Å²) in [5.74, 6) is 1.98. The first kappa shape index (κ1) is 29.2. The van der Waals surface area contributed by atoms with E-state index < -0.39 is 5.41 Å². The Bertz CT molecular complexity index is 2370. The zero-order valence-corrected chi connectivity index (χ0v) is 27.7. The number of nitrogens with zero attached hydrogens (tertiary/aromatic N) is 3. The van der Waals surface area contributed by atoms with E-state index in [0.29, 0.717) is 17.5 Å². The molecule has 0 radical (unpaired) electrons. The molecule has 1 aliphatic carbocycles. The molecule has 0 bridgehead atoms. The maximum atomic E-state index is 5.22. The van der Waals surface area contributed by atoms with Gasteiger partial charge in [-0.15, -0.1) is 11.3 Å². The van der Waals surface area contributed by atoms with Gasteiger partial charge in [-0.2, -0.15) is 0 Å². The molecule has 6 aromatic carbocycles. The van der Waals surface area contributed by atoms with Gasteiger partial charge in [-0.1, -0.05) is 170 Å². The Morgan fingerprint density at radius 1 is 0.408 bits per heavy atom. The van der Waals surface area contributed by atoms with Crippen LogP contribution in [0.2, 0.25) is 0 Å². The minimum Gasteiger partial charge on any atom is -0.208 e. The van der Waals surface area contributed by atoms with Crippen LogP contribution in [0.4, 0.5) is 0 Å². The fraction of sp³-hybridized carbons (Fsp3) is 0.0444. The summed E-state index contributed by atoms with van der Waals surface area (Å²) in [6, 6.07) is 59.6. The predicted octanol–water partition coefficient (Wildman–Crippen LogP) is 11.6. The molecule has 9 rings (SSSR count). The van der Waals surface area contributed by atoms with Gasteiger partial charge >= 0.3 is 0 Å². The molecule has 1 unspecified atom stereocenters. The first-order valence-electron chi connectivity index (χ1n) is 16.5. The van der Waals surface area contributed by atoms with Crippen LogP contribution < -0.4 is 0 Å². The minimum atomic E-state index is -0.422. The molecule has 0 saturated carbocycles. The fourth-order valence-corrected chi connectivity index (χ4v) is 8.72. The van der Waals surface area contributed by atoms with E-state index in [1.165, 1.54) is 48.7 Å². The number of thiophene rings is 1. The van der Waals surface area contributed by atoms with Crippen LogP contribution in [0, 0.1) is 0 Å². The molecule has 8 aromatic rings. The lowest BCUT2D eigenvalue weighted by molar-refractivity contribution is 0.718. The molecule has 4 heteroatoms. The van der Waals surface area contributed by atoms with Gasteiger partial charge in [0.05, 0.1) is 0 Å². The number of hydrogen-bond donors (Lipinski definition) is 0. The third-order valence-electron chi connectivity index (χ3n) is 9.62. The second-order valence-corrected chi connectivity index (χ2v) is 13.5. The van der Waals surface area contributed by atoms with Crippen molar-refractivity contribution in [3.05, 3.63) is 187 Å². The number of aromatic nitrogens is 3. The zero-order valence-electron chi connectivity index (χ0n) is 26.9. The van der Waals surface area contributed by atoms with Gasteiger partial charge in [-0.3, -0.25) is 0 Å². The molecule has 0 fully saturated rings. The standard InChI is InChI=1S/C45H31N3S/c1-45(34-26-15-6-16-27-34)36-29-17-28-35(44-47-42(32-22-11-4-12-23-32)46-43(48-44)33-24-13-5-14-25-33)37(36)38-39(45)41(31-20-9-3-10-21-31)49-40(38)30-18-7-2-8-19-30/h2-29H,1H3. The molecular weight excluding hydrogens is 615 g/mol. The number of hydrogen-bond acceptors (Lipinski definition) is 4. The highest BCUT2D eigenvalue weighted by molar-refractivity contribution is 7.19. The van der Waals surface area contributed by atoms with Crippen molar-refractivity contribution in [2.24, 2.45) is 0 Å². The smallest absolute Gasteiger partial charge is 0.164 e. The molecule has 2 aromatic heterocycles. The highest BCUT2D eigenvalue weighted by atomic mass is 32.1. The molecule has 0 aliphatic heterocycles. The van der Waals surface area contributed by atoms with Crippen LogP contribution in [-0.4, -0.2) is 15.0 Å². The van der Waals surface area contributed by atoms with Crippen molar-refractivity contribution >= 4 is 11.3 Å². The van der Waals surface area contributed by atoms with Crippen molar-refractivity contribution in [3.8, 4) is 66.2 Å². The molecular formula is C45H31N3S. The van der Waals surface area contributed by atoms with E-state index in [1.807, 2.05) is 47.7 Å². The summed E-state index contributed by atoms with van der Waals surface area (Å²) in [7, 11) is 0. The van der Waals surface area contributed by atoms with Crippen LogP contribution in [0.15, 0.2) is 170 Å². The van der Waals surface area contributed by atoms with Crippen molar-refractivity contribution in [1.82, 2.24) is 15.0 Å². The number of fused-ring (bicyclic) bond motifs is 3. The van der Waals surface area contributed by atoms with Crippen molar-refractivity contribution in [2.75, 3.05) is 0 Å². The second kappa shape index (κ2) is 11.9. The third kappa shape index (κ3) is 4.83. The van der Waals surface area contributed by atoms with Crippen molar-refractivity contribution < 1.29 is 0 Å². The van der Waals surface area contributed by atoms with Crippen molar-refractivity contribution in [2.45, 2.75) is 12.3 Å². The van der Waals surface area contributed by atoms with Crippen LogP contribution in [-0.2, 0) is 5.41 Å². The highest BCUT2D eigenvalue weighted by Crippen LogP contribution is 2.63. The SMILES string of the molecule is CC1(c2ccccc2)c2cccc(-c3nc(-c4ccccc4)nc(-c4ccccc4)n3)c2-c2c(-c3ccccc3)sc(-c3ccccc3)c21. The average Bonchev–Trinajstić information content (AvgIpc) is 3.71. The van der Waals surface area contributed by atoms with Crippen LogP contribution in [0.1, 0.15) is 23.6 Å². The van der Waals surface area contributed by atoms with Crippen molar-refractivity contribution in [1.29, 1.82) is 0 Å². The summed E-state index contributed by atoms with van der Waals surface area (Å²) < 4.78 is 0. The molecule has 0 spiro atoms. The largest absolute Gasteiger partial charge is 0.208 e. The molecule has 3 nitrogen and oxygen atoms in total. The Labute approximate surface area is 290 Å². The first-order valence-corrected chi connectivity index (χ1v) is 17.4. The van der Waals surface area contributed by atoms with E-state index >= 15 is 0 Å². The van der Waals surface area contributed by atoms with Gasteiger partial charge in [0, 0.05) is 37.4 Å². The molecule has 0 N–H and O–H groups in total. The molecule has 0 saturated heterocycles. The highest BCUT2D eigenvalue weighted by Gasteiger charge is 2.46. The Morgan fingerprint density at radius 3 is 1.39 bits per heavy atom. The van der Waals surface area contributed by atoms with Gasteiger partial charge in [0.15, 0.2) is 17.5 Å². The van der Waals surface area contributed by atoms with E-state index in [2.05, 4.69) is 140 Å². The van der Waals surface area contributed by atoms with E-state index in [-0.39, 0.29) is 0 Å². The molecule has 1 aliphatic rings. The van der Waals surface area contributed by atoms with Crippen LogP contribution in [0.5, 0.6) is 0 Å². The molecule has 49 heavy (non-hydrogen) atoms. The lowest BCUT2D eigenvalue weighted by Crippen LogP contribution is -2.22. The zero-order chi connectivity index (χ0) is 32.8. The van der Waals surface area contributed by atoms with Gasteiger partial charge in [0.2, 0.25) is 0 Å². The Hall–Kier alpha value is -5.97. The summed E-state index contributed by atoms with van der Waals surface area (Å²) in [6.07, 6.45) is 0. The average molecular weight is 646 g/mol. The molecule has 0 amide bonds. The Kier molecular flexibility index (Phi) is 7.10. The summed E-state index contributed by atoms with van der Waals surface area (Å²) in [5.41, 5.74) is 11.2. The molecule has 2 heterocycles. The van der Waals surface area contributed by atoms with Crippen LogP contribution >= 0.6 is 11.3 Å². The van der Waals surface area contributed by atoms with Gasteiger partial charge in [0.25, 0.3) is 0 Å².